The fraction of sp³-hybridized carbons (Fsp3) is 0.696. The Labute approximate surface area is 160 Å². The van der Waals surface area contributed by atoms with E-state index in [9.17, 15) is 9.90 Å². The predicted molar refractivity (Wildman–Crippen MR) is 112 cm³/mol. The quantitative estimate of drug-likeness (QED) is 0.387. The summed E-state index contributed by atoms with van der Waals surface area (Å²) in [5.74, 6) is 1.43. The molecule has 148 valence electrons. The summed E-state index contributed by atoms with van der Waals surface area (Å²) >= 11 is 0. The summed E-state index contributed by atoms with van der Waals surface area (Å²) in [5, 5.41) is 10.1. The minimum Gasteiger partial charge on any atom is -0.507 e. The van der Waals surface area contributed by atoms with Crippen molar-refractivity contribution in [2.45, 2.75) is 79.1 Å². The van der Waals surface area contributed by atoms with Crippen molar-refractivity contribution >= 4 is 12.0 Å². The fourth-order valence-electron chi connectivity index (χ4n) is 3.57. The molecule has 0 saturated carbocycles. The van der Waals surface area contributed by atoms with Gasteiger partial charge in [-0.3, -0.25) is 4.79 Å². The maximum atomic E-state index is 11.0. The van der Waals surface area contributed by atoms with Gasteiger partial charge in [0, 0.05) is 24.8 Å². The molecule has 26 heavy (non-hydrogen) atoms. The summed E-state index contributed by atoms with van der Waals surface area (Å²) in [6.07, 6.45) is 10.6. The van der Waals surface area contributed by atoms with Crippen LogP contribution >= 0.6 is 0 Å². The van der Waals surface area contributed by atoms with Crippen molar-refractivity contribution in [3.05, 3.63) is 23.8 Å². The number of hydrogen-bond donors (Lipinski definition) is 1. The molecule has 0 aromatic heterocycles. The van der Waals surface area contributed by atoms with E-state index in [-0.39, 0.29) is 5.75 Å². The van der Waals surface area contributed by atoms with Crippen LogP contribution in [0.25, 0.3) is 0 Å². The van der Waals surface area contributed by atoms with Crippen LogP contribution in [0.2, 0.25) is 0 Å². The van der Waals surface area contributed by atoms with Crippen molar-refractivity contribution in [2.75, 3.05) is 18.0 Å². The first-order valence-electron chi connectivity index (χ1n) is 10.6. The molecule has 0 aliphatic heterocycles. The molecule has 0 saturated heterocycles. The summed E-state index contributed by atoms with van der Waals surface area (Å²) in [4.78, 5) is 13.5. The molecular formula is C23H39NO2. The lowest BCUT2D eigenvalue weighted by Crippen LogP contribution is -2.34. The molecule has 0 radical (unpaired) electrons. The van der Waals surface area contributed by atoms with Crippen LogP contribution in [0.15, 0.2) is 18.2 Å². The zero-order valence-electron chi connectivity index (χ0n) is 17.3. The van der Waals surface area contributed by atoms with Crippen LogP contribution < -0.4 is 4.90 Å². The maximum absolute atomic E-state index is 11.0. The number of phenolic OH excluding ortho intramolecular Hbond substituents is 1. The highest BCUT2D eigenvalue weighted by atomic mass is 16.3. The first-order valence-corrected chi connectivity index (χ1v) is 10.6. The lowest BCUT2D eigenvalue weighted by atomic mass is 9.95. The summed E-state index contributed by atoms with van der Waals surface area (Å²) < 4.78 is 0. The third-order valence-electron chi connectivity index (χ3n) is 5.55. The number of phenols is 1. The minimum atomic E-state index is 0.0886. The van der Waals surface area contributed by atoms with E-state index >= 15 is 0 Å². The van der Waals surface area contributed by atoms with E-state index < -0.39 is 0 Å². The third kappa shape index (κ3) is 7.39. The number of benzene rings is 1. The standard InChI is InChI=1S/C23H39NO2/c1-5-9-11-19(7-3)16-24(17-20(8-4)12-10-6-2)22-14-13-21(18-25)23(26)15-22/h13-15,18-20,26H,5-12,16-17H2,1-4H3. The van der Waals surface area contributed by atoms with Crippen molar-refractivity contribution in [1.29, 1.82) is 0 Å². The molecule has 1 N–H and O–H groups in total. The monoisotopic (exact) mass is 361 g/mol. The molecule has 2 unspecified atom stereocenters. The normalized spacial score (nSPS) is 13.4. The zero-order chi connectivity index (χ0) is 19.4. The third-order valence-corrected chi connectivity index (χ3v) is 5.55. The number of carbonyl (C=O) groups is 1. The van der Waals surface area contributed by atoms with Gasteiger partial charge >= 0.3 is 0 Å². The van der Waals surface area contributed by atoms with E-state index in [2.05, 4.69) is 32.6 Å². The van der Waals surface area contributed by atoms with Crippen LogP contribution in [0.5, 0.6) is 5.75 Å². The van der Waals surface area contributed by atoms with Crippen LogP contribution in [-0.2, 0) is 0 Å². The molecule has 0 bridgehead atoms. The Kier molecular flexibility index (Phi) is 11.1. The molecular weight excluding hydrogens is 322 g/mol. The highest BCUT2D eigenvalue weighted by Crippen LogP contribution is 2.28. The van der Waals surface area contributed by atoms with Gasteiger partial charge in [0.05, 0.1) is 5.56 Å². The van der Waals surface area contributed by atoms with E-state index in [0.29, 0.717) is 17.4 Å². The SMILES string of the molecule is CCCCC(CC)CN(CC(CC)CCCC)c1ccc(C=O)c(O)c1. The lowest BCUT2D eigenvalue weighted by molar-refractivity contribution is 0.112. The highest BCUT2D eigenvalue weighted by Gasteiger charge is 2.18. The van der Waals surface area contributed by atoms with E-state index in [4.69, 9.17) is 0 Å². The molecule has 1 aromatic rings. The average Bonchev–Trinajstić information content (AvgIpc) is 2.66. The average molecular weight is 362 g/mol. The molecule has 0 amide bonds. The number of nitrogens with zero attached hydrogens (tertiary/aromatic N) is 1. The lowest BCUT2D eigenvalue weighted by Gasteiger charge is -2.32. The molecule has 3 nitrogen and oxygen atoms in total. The van der Waals surface area contributed by atoms with Crippen LogP contribution in [-0.4, -0.2) is 24.5 Å². The van der Waals surface area contributed by atoms with Crippen molar-refractivity contribution in [3.63, 3.8) is 0 Å². The molecule has 0 heterocycles. The summed E-state index contributed by atoms with van der Waals surface area (Å²) in [7, 11) is 0. The summed E-state index contributed by atoms with van der Waals surface area (Å²) in [6.45, 7) is 11.1. The molecule has 3 heteroatoms. The molecule has 2 atom stereocenters. The Morgan fingerprint density at radius 2 is 1.50 bits per heavy atom. The number of carbonyl (C=O) groups excluding carboxylic acids is 1. The molecule has 1 rings (SSSR count). The fourth-order valence-corrected chi connectivity index (χ4v) is 3.57. The van der Waals surface area contributed by atoms with Crippen LogP contribution in [0, 0.1) is 11.8 Å². The van der Waals surface area contributed by atoms with E-state index in [1.54, 1.807) is 12.1 Å². The van der Waals surface area contributed by atoms with Crippen molar-refractivity contribution in [2.24, 2.45) is 11.8 Å². The van der Waals surface area contributed by atoms with Gasteiger partial charge in [-0.05, 0) is 36.8 Å². The van der Waals surface area contributed by atoms with Gasteiger partial charge in [-0.25, -0.2) is 0 Å². The molecule has 0 fully saturated rings. The number of unbranched alkanes of at least 4 members (excludes halogenated alkanes) is 2. The van der Waals surface area contributed by atoms with Crippen molar-refractivity contribution < 1.29 is 9.90 Å². The first kappa shape index (κ1) is 22.5. The Morgan fingerprint density at radius 3 is 1.88 bits per heavy atom. The van der Waals surface area contributed by atoms with Crippen LogP contribution in [0.3, 0.4) is 0 Å². The van der Waals surface area contributed by atoms with Gasteiger partial charge in [-0.1, -0.05) is 66.2 Å². The van der Waals surface area contributed by atoms with Gasteiger partial charge in [-0.2, -0.15) is 0 Å². The van der Waals surface area contributed by atoms with Crippen LogP contribution in [0.4, 0.5) is 5.69 Å². The van der Waals surface area contributed by atoms with Gasteiger partial charge in [0.15, 0.2) is 6.29 Å². The van der Waals surface area contributed by atoms with E-state index in [1.807, 2.05) is 6.07 Å². The van der Waals surface area contributed by atoms with E-state index in [0.717, 1.165) is 25.1 Å². The Hall–Kier alpha value is -1.51. The first-order chi connectivity index (χ1) is 12.6. The topological polar surface area (TPSA) is 40.5 Å². The number of rotatable bonds is 14. The number of anilines is 1. The van der Waals surface area contributed by atoms with Gasteiger partial charge in [0.25, 0.3) is 0 Å². The number of aromatic hydroxyl groups is 1. The van der Waals surface area contributed by atoms with Crippen molar-refractivity contribution in [3.8, 4) is 5.75 Å². The molecule has 0 spiro atoms. The Balaban J connectivity index is 2.98. The Morgan fingerprint density at radius 1 is 0.962 bits per heavy atom. The Bertz CT molecular complexity index is 497. The summed E-state index contributed by atoms with van der Waals surface area (Å²) in [5.41, 5.74) is 1.41. The van der Waals surface area contributed by atoms with Gasteiger partial charge in [0.1, 0.15) is 5.75 Å². The number of aldehydes is 1. The summed E-state index contributed by atoms with van der Waals surface area (Å²) in [6, 6.07) is 5.50. The van der Waals surface area contributed by atoms with Gasteiger partial charge in [0.2, 0.25) is 0 Å². The van der Waals surface area contributed by atoms with Gasteiger partial charge in [-0.15, -0.1) is 0 Å². The predicted octanol–water partition coefficient (Wildman–Crippen LogP) is 6.44. The second-order valence-electron chi connectivity index (χ2n) is 7.60. The second-order valence-corrected chi connectivity index (χ2v) is 7.60. The zero-order valence-corrected chi connectivity index (χ0v) is 17.3. The van der Waals surface area contributed by atoms with Crippen molar-refractivity contribution in [1.82, 2.24) is 0 Å². The minimum absolute atomic E-state index is 0.0886. The van der Waals surface area contributed by atoms with Gasteiger partial charge < -0.3 is 10.0 Å². The number of hydrogen-bond acceptors (Lipinski definition) is 3. The van der Waals surface area contributed by atoms with Crippen LogP contribution in [0.1, 0.15) is 89.4 Å². The smallest absolute Gasteiger partial charge is 0.153 e. The highest BCUT2D eigenvalue weighted by molar-refractivity contribution is 5.80. The second kappa shape index (κ2) is 12.8. The van der Waals surface area contributed by atoms with E-state index in [1.165, 1.54) is 51.4 Å². The molecule has 1 aromatic carbocycles. The molecule has 0 aliphatic rings. The largest absolute Gasteiger partial charge is 0.507 e. The maximum Gasteiger partial charge on any atom is 0.153 e. The molecule has 0 aliphatic carbocycles.